The first-order valence-corrected chi connectivity index (χ1v) is 10.2. The van der Waals surface area contributed by atoms with Crippen molar-refractivity contribution in [1.29, 1.82) is 0 Å². The molecule has 6 atom stereocenters. The molecule has 1 aliphatic heterocycles. The van der Waals surface area contributed by atoms with Crippen LogP contribution in [0.1, 0.15) is 66.2 Å². The van der Waals surface area contributed by atoms with Crippen LogP contribution in [-0.2, 0) is 14.3 Å². The van der Waals surface area contributed by atoms with Crippen LogP contribution in [0.5, 0.6) is 0 Å². The molecular weight excluding hydrogens is 348 g/mol. The number of hydrogen-bond acceptors (Lipinski definition) is 6. The van der Waals surface area contributed by atoms with E-state index in [1.807, 2.05) is 0 Å². The van der Waals surface area contributed by atoms with Gasteiger partial charge in [-0.2, -0.15) is 0 Å². The first-order valence-electron chi connectivity index (χ1n) is 10.2. The van der Waals surface area contributed by atoms with E-state index in [-0.39, 0.29) is 23.9 Å². The molecule has 6 nitrogen and oxygen atoms in total. The second-order valence-corrected chi connectivity index (χ2v) is 9.34. The Balaban J connectivity index is 1.99. The number of aliphatic hydroxyl groups is 3. The summed E-state index contributed by atoms with van der Waals surface area (Å²) in [4.78, 5) is 12.4. The van der Waals surface area contributed by atoms with E-state index in [1.54, 1.807) is 13.0 Å². The Morgan fingerprint density at radius 3 is 2.67 bits per heavy atom. The number of ether oxygens (including phenoxy) is 2. The molecule has 1 saturated heterocycles. The van der Waals surface area contributed by atoms with Crippen molar-refractivity contribution >= 4 is 5.97 Å². The lowest BCUT2D eigenvalue weighted by Crippen LogP contribution is -2.70. The summed E-state index contributed by atoms with van der Waals surface area (Å²) in [5, 5.41) is 32.9. The Kier molecular flexibility index (Phi) is 5.49. The van der Waals surface area contributed by atoms with Gasteiger partial charge in [0.25, 0.3) is 0 Å². The molecule has 2 fully saturated rings. The summed E-state index contributed by atoms with van der Waals surface area (Å²) in [5.41, 5.74) is -2.55. The topological polar surface area (TPSA) is 96.2 Å². The largest absolute Gasteiger partial charge is 0.458 e. The molecule has 6 heteroatoms. The summed E-state index contributed by atoms with van der Waals surface area (Å²) in [5.74, 6) is -0.595. The fourth-order valence-electron chi connectivity index (χ4n) is 5.73. The maximum Gasteiger partial charge on any atom is 0.306 e. The summed E-state index contributed by atoms with van der Waals surface area (Å²) in [6.07, 6.45) is 3.38. The third kappa shape index (κ3) is 3.05. The van der Waals surface area contributed by atoms with Crippen molar-refractivity contribution < 1.29 is 29.6 Å². The molecule has 0 radical (unpaired) electrons. The Morgan fingerprint density at radius 2 is 2.00 bits per heavy atom. The highest BCUT2D eigenvalue weighted by molar-refractivity contribution is 5.70. The highest BCUT2D eigenvalue weighted by Crippen LogP contribution is 2.63. The van der Waals surface area contributed by atoms with Gasteiger partial charge in [0.15, 0.2) is 6.29 Å². The number of unbranched alkanes of at least 4 members (excludes halogenated alkanes) is 2. The van der Waals surface area contributed by atoms with Gasteiger partial charge in [-0.05, 0) is 36.3 Å². The minimum Gasteiger partial charge on any atom is -0.458 e. The van der Waals surface area contributed by atoms with Crippen molar-refractivity contribution in [2.24, 2.45) is 16.7 Å². The molecule has 3 N–H and O–H groups in total. The summed E-state index contributed by atoms with van der Waals surface area (Å²) in [6.45, 7) is 8.10. The quantitative estimate of drug-likeness (QED) is 0.384. The third-order valence-corrected chi connectivity index (χ3v) is 7.25. The second-order valence-electron chi connectivity index (χ2n) is 9.34. The zero-order chi connectivity index (χ0) is 20.0. The van der Waals surface area contributed by atoms with Gasteiger partial charge in [0.1, 0.15) is 11.7 Å². The van der Waals surface area contributed by atoms with Gasteiger partial charge in [-0.1, -0.05) is 40.5 Å². The van der Waals surface area contributed by atoms with Crippen molar-refractivity contribution in [2.45, 2.75) is 90.3 Å². The van der Waals surface area contributed by atoms with Gasteiger partial charge in [-0.15, -0.1) is 0 Å². The fraction of sp³-hybridized carbons (Fsp3) is 0.857. The molecule has 0 spiro atoms. The lowest BCUT2D eigenvalue weighted by atomic mass is 9.45. The number of esters is 1. The Hall–Kier alpha value is -0.950. The van der Waals surface area contributed by atoms with E-state index in [1.165, 1.54) is 0 Å². The van der Waals surface area contributed by atoms with E-state index in [0.29, 0.717) is 18.4 Å². The molecule has 1 saturated carbocycles. The van der Waals surface area contributed by atoms with Crippen molar-refractivity contribution in [3.05, 3.63) is 11.6 Å². The second kappa shape index (κ2) is 7.14. The van der Waals surface area contributed by atoms with E-state index >= 15 is 0 Å². The van der Waals surface area contributed by atoms with E-state index < -0.39 is 29.5 Å². The SMILES string of the molecule is CCCCCC(=O)O[C@H]1C=C2CO[C@H](O)[C@@]2(O)[C@]2(C)[C@H]1C(C)(C)CC[C@@H]2O. The van der Waals surface area contributed by atoms with Crippen molar-refractivity contribution in [1.82, 2.24) is 0 Å². The summed E-state index contributed by atoms with van der Waals surface area (Å²) in [6, 6.07) is 0. The predicted octanol–water partition coefficient (Wildman–Crippen LogP) is 2.30. The molecule has 154 valence electrons. The van der Waals surface area contributed by atoms with Crippen molar-refractivity contribution in [3.63, 3.8) is 0 Å². The molecule has 1 heterocycles. The van der Waals surface area contributed by atoms with Crippen LogP contribution in [0.15, 0.2) is 11.6 Å². The Labute approximate surface area is 161 Å². The summed E-state index contributed by atoms with van der Waals surface area (Å²) in [7, 11) is 0. The normalized spacial score (nSPS) is 42.9. The number of aliphatic hydroxyl groups excluding tert-OH is 2. The maximum atomic E-state index is 12.4. The Morgan fingerprint density at radius 1 is 1.30 bits per heavy atom. The summed E-state index contributed by atoms with van der Waals surface area (Å²) < 4.78 is 11.2. The average Bonchev–Trinajstić information content (AvgIpc) is 2.88. The van der Waals surface area contributed by atoms with Crippen LogP contribution in [0.3, 0.4) is 0 Å². The minimum atomic E-state index is -1.68. The molecule has 27 heavy (non-hydrogen) atoms. The van der Waals surface area contributed by atoms with Gasteiger partial charge in [0.05, 0.1) is 12.7 Å². The van der Waals surface area contributed by atoms with E-state index in [4.69, 9.17) is 9.47 Å². The van der Waals surface area contributed by atoms with Gasteiger partial charge in [-0.3, -0.25) is 4.79 Å². The number of rotatable bonds is 5. The van der Waals surface area contributed by atoms with E-state index in [0.717, 1.165) is 25.7 Å². The van der Waals surface area contributed by atoms with Gasteiger partial charge >= 0.3 is 5.97 Å². The number of carbonyl (C=O) groups is 1. The molecule has 0 aromatic carbocycles. The molecule has 3 rings (SSSR count). The number of carbonyl (C=O) groups excluding carboxylic acids is 1. The van der Waals surface area contributed by atoms with Gasteiger partial charge in [-0.25, -0.2) is 0 Å². The monoisotopic (exact) mass is 382 g/mol. The molecule has 0 aromatic rings. The zero-order valence-corrected chi connectivity index (χ0v) is 16.9. The van der Waals surface area contributed by atoms with Crippen LogP contribution in [-0.4, -0.2) is 52.0 Å². The highest BCUT2D eigenvalue weighted by atomic mass is 16.6. The predicted molar refractivity (Wildman–Crippen MR) is 99.6 cm³/mol. The van der Waals surface area contributed by atoms with Crippen LogP contribution in [0, 0.1) is 16.7 Å². The third-order valence-electron chi connectivity index (χ3n) is 7.25. The van der Waals surface area contributed by atoms with Crippen LogP contribution in [0.25, 0.3) is 0 Å². The first-order chi connectivity index (χ1) is 12.6. The number of hydrogen-bond donors (Lipinski definition) is 3. The molecule has 3 aliphatic rings. The molecule has 2 aliphatic carbocycles. The standard InChI is InChI=1S/C21H34O6/c1-5-6-7-8-16(23)27-14-11-13-12-26-18(24)21(13,25)20(4)15(22)9-10-19(2,3)17(14)20/h11,14-15,17-18,22,24-25H,5-10,12H2,1-4H3/t14-,15-,17+,18-,20-,21+/m0/s1. The molecule has 0 amide bonds. The highest BCUT2D eigenvalue weighted by Gasteiger charge is 2.71. The van der Waals surface area contributed by atoms with Crippen LogP contribution in [0.2, 0.25) is 0 Å². The lowest BCUT2D eigenvalue weighted by molar-refractivity contribution is -0.272. The molecule has 0 unspecified atom stereocenters. The fourth-order valence-corrected chi connectivity index (χ4v) is 5.73. The van der Waals surface area contributed by atoms with Crippen molar-refractivity contribution in [2.75, 3.05) is 6.61 Å². The van der Waals surface area contributed by atoms with Crippen LogP contribution in [0.4, 0.5) is 0 Å². The number of fused-ring (bicyclic) bond motifs is 3. The summed E-state index contributed by atoms with van der Waals surface area (Å²) >= 11 is 0. The Bertz CT molecular complexity index is 614. The van der Waals surface area contributed by atoms with Crippen molar-refractivity contribution in [3.8, 4) is 0 Å². The molecular formula is C21H34O6. The smallest absolute Gasteiger partial charge is 0.306 e. The lowest BCUT2D eigenvalue weighted by Gasteiger charge is -2.62. The van der Waals surface area contributed by atoms with Gasteiger partial charge in [0, 0.05) is 17.8 Å². The van der Waals surface area contributed by atoms with E-state index in [2.05, 4.69) is 20.8 Å². The first kappa shape index (κ1) is 20.8. The molecule has 0 aromatic heterocycles. The van der Waals surface area contributed by atoms with Gasteiger partial charge < -0.3 is 24.8 Å². The molecule has 0 bridgehead atoms. The van der Waals surface area contributed by atoms with Crippen LogP contribution >= 0.6 is 0 Å². The zero-order valence-electron chi connectivity index (χ0n) is 16.9. The van der Waals surface area contributed by atoms with Crippen LogP contribution < -0.4 is 0 Å². The maximum absolute atomic E-state index is 12.4. The average molecular weight is 382 g/mol. The van der Waals surface area contributed by atoms with Gasteiger partial charge in [0.2, 0.25) is 0 Å². The van der Waals surface area contributed by atoms with E-state index in [9.17, 15) is 20.1 Å². The minimum absolute atomic E-state index is 0.0665.